The fourth-order valence-electron chi connectivity index (χ4n) is 3.65. The number of halogens is 3. The lowest BCUT2D eigenvalue weighted by atomic mass is 9.94. The van der Waals surface area contributed by atoms with E-state index in [-0.39, 0.29) is 6.61 Å². The van der Waals surface area contributed by atoms with Crippen LogP contribution in [0.5, 0.6) is 5.75 Å². The second-order valence-corrected chi connectivity index (χ2v) is 10.5. The number of hydrogen-bond acceptors (Lipinski definition) is 6. The van der Waals surface area contributed by atoms with Gasteiger partial charge in [-0.15, -0.1) is 5.10 Å². The van der Waals surface area contributed by atoms with E-state index < -0.39 is 11.9 Å². The van der Waals surface area contributed by atoms with Crippen molar-refractivity contribution in [3.8, 4) is 5.75 Å². The number of ether oxygens (including phenoxy) is 1. The van der Waals surface area contributed by atoms with Crippen LogP contribution in [0, 0.1) is 0 Å². The summed E-state index contributed by atoms with van der Waals surface area (Å²) >= 11 is 17.4. The number of benzene rings is 2. The number of nitrogens with one attached hydrogen (secondary N) is 1. The maximum Gasteiger partial charge on any atom is 0.248 e. The van der Waals surface area contributed by atoms with Crippen molar-refractivity contribution in [2.45, 2.75) is 38.1 Å². The second kappa shape index (κ2) is 10.6. The Balaban J connectivity index is 1.77. The number of aromatic nitrogens is 3. The largest absolute Gasteiger partial charge is 0.488 e. The molecule has 0 bridgehead atoms. The van der Waals surface area contributed by atoms with Crippen molar-refractivity contribution >= 4 is 62.7 Å². The predicted molar refractivity (Wildman–Crippen MR) is 140 cm³/mol. The van der Waals surface area contributed by atoms with Crippen molar-refractivity contribution in [2.75, 3.05) is 11.1 Å². The highest BCUT2D eigenvalue weighted by atomic mass is 79.9. The molecule has 11 heteroatoms. The Labute approximate surface area is 220 Å². The molecule has 1 unspecified atom stereocenters. The van der Waals surface area contributed by atoms with E-state index in [0.717, 1.165) is 22.2 Å². The SMILES string of the molecule is CCCSc1nc2n(n1)C(c1cc(Br)ccc1OCc1ccc(Cl)cc1Cl)C(C(N)=O)=C(C)N2. The molecule has 4 rings (SSSR count). The highest BCUT2D eigenvalue weighted by Gasteiger charge is 2.35. The normalized spacial score (nSPS) is 15.1. The van der Waals surface area contributed by atoms with Crippen LogP contribution in [0.2, 0.25) is 10.0 Å². The van der Waals surface area contributed by atoms with Crippen LogP contribution in [0.1, 0.15) is 37.4 Å². The third-order valence-corrected chi connectivity index (χ3v) is 7.32. The molecule has 2 heterocycles. The smallest absolute Gasteiger partial charge is 0.248 e. The van der Waals surface area contributed by atoms with E-state index in [1.807, 2.05) is 24.3 Å². The van der Waals surface area contributed by atoms with Gasteiger partial charge in [0.2, 0.25) is 17.0 Å². The lowest BCUT2D eigenvalue weighted by molar-refractivity contribution is -0.115. The van der Waals surface area contributed by atoms with Crippen LogP contribution in [0.25, 0.3) is 0 Å². The Morgan fingerprint density at radius 2 is 2.09 bits per heavy atom. The number of carbonyl (C=O) groups is 1. The molecule has 34 heavy (non-hydrogen) atoms. The molecule has 0 saturated heterocycles. The van der Waals surface area contributed by atoms with Gasteiger partial charge in [-0.25, -0.2) is 4.68 Å². The van der Waals surface area contributed by atoms with Gasteiger partial charge in [0.05, 0.1) is 5.57 Å². The highest BCUT2D eigenvalue weighted by Crippen LogP contribution is 2.41. The summed E-state index contributed by atoms with van der Waals surface area (Å²) in [6.45, 7) is 4.11. The molecule has 1 aliphatic rings. The van der Waals surface area contributed by atoms with Gasteiger partial charge in [0, 0.05) is 37.1 Å². The van der Waals surface area contributed by atoms with Gasteiger partial charge in [-0.1, -0.05) is 63.9 Å². The Hall–Kier alpha value is -2.20. The van der Waals surface area contributed by atoms with Crippen LogP contribution in [0.15, 0.2) is 57.3 Å². The minimum absolute atomic E-state index is 0.214. The van der Waals surface area contributed by atoms with E-state index in [9.17, 15) is 4.79 Å². The molecular weight excluding hydrogens is 561 g/mol. The summed E-state index contributed by atoms with van der Waals surface area (Å²) in [7, 11) is 0. The first-order valence-electron chi connectivity index (χ1n) is 10.5. The number of rotatable bonds is 8. The van der Waals surface area contributed by atoms with Crippen molar-refractivity contribution in [1.82, 2.24) is 14.8 Å². The standard InChI is InChI=1S/C23H22BrCl2N5O2S/c1-3-8-34-23-29-22-28-12(2)19(21(27)32)20(31(22)30-23)16-9-14(24)5-7-18(16)33-11-13-4-6-15(25)10-17(13)26/h4-7,9-10,20H,3,8,11H2,1-2H3,(H2,27,32)(H,28,29,30). The van der Waals surface area contributed by atoms with Gasteiger partial charge < -0.3 is 15.8 Å². The van der Waals surface area contributed by atoms with Crippen molar-refractivity contribution in [3.05, 3.63) is 73.3 Å². The third-order valence-electron chi connectivity index (χ3n) is 5.20. The number of hydrogen-bond donors (Lipinski definition) is 2. The van der Waals surface area contributed by atoms with Gasteiger partial charge >= 0.3 is 0 Å². The average Bonchev–Trinajstić information content (AvgIpc) is 3.19. The molecule has 1 amide bonds. The first-order valence-corrected chi connectivity index (χ1v) is 13.0. The number of primary amides is 1. The minimum atomic E-state index is -0.620. The molecule has 0 aliphatic carbocycles. The van der Waals surface area contributed by atoms with Crippen molar-refractivity contribution < 1.29 is 9.53 Å². The number of anilines is 1. The topological polar surface area (TPSA) is 95.1 Å². The maximum atomic E-state index is 12.6. The van der Waals surface area contributed by atoms with Crippen LogP contribution in [0.4, 0.5) is 5.95 Å². The zero-order chi connectivity index (χ0) is 24.4. The molecule has 0 spiro atoms. The monoisotopic (exact) mass is 581 g/mol. The zero-order valence-electron chi connectivity index (χ0n) is 18.4. The number of thioether (sulfide) groups is 1. The first-order chi connectivity index (χ1) is 16.3. The van der Waals surface area contributed by atoms with Crippen LogP contribution in [-0.2, 0) is 11.4 Å². The zero-order valence-corrected chi connectivity index (χ0v) is 22.4. The van der Waals surface area contributed by atoms with Gasteiger partial charge in [-0.3, -0.25) is 4.79 Å². The van der Waals surface area contributed by atoms with Crippen LogP contribution in [0.3, 0.4) is 0 Å². The van der Waals surface area contributed by atoms with Crippen LogP contribution in [-0.4, -0.2) is 26.4 Å². The highest BCUT2D eigenvalue weighted by molar-refractivity contribution is 9.10. The van der Waals surface area contributed by atoms with E-state index in [0.29, 0.717) is 43.7 Å². The number of carbonyl (C=O) groups excluding carboxylic acids is 1. The van der Waals surface area contributed by atoms with Crippen molar-refractivity contribution in [1.29, 1.82) is 0 Å². The molecule has 7 nitrogen and oxygen atoms in total. The lowest BCUT2D eigenvalue weighted by Gasteiger charge is -2.29. The Morgan fingerprint density at radius 3 is 2.79 bits per heavy atom. The van der Waals surface area contributed by atoms with Gasteiger partial charge in [0.1, 0.15) is 18.4 Å². The molecule has 1 atom stereocenters. The van der Waals surface area contributed by atoms with E-state index in [1.165, 1.54) is 0 Å². The van der Waals surface area contributed by atoms with Crippen molar-refractivity contribution in [3.63, 3.8) is 0 Å². The van der Waals surface area contributed by atoms with Crippen LogP contribution < -0.4 is 15.8 Å². The lowest BCUT2D eigenvalue weighted by Crippen LogP contribution is -2.32. The van der Waals surface area contributed by atoms with E-state index in [4.69, 9.17) is 33.7 Å². The summed E-state index contributed by atoms with van der Waals surface area (Å²) in [4.78, 5) is 17.2. The molecule has 3 N–H and O–H groups in total. The number of allylic oxidation sites excluding steroid dienone is 1. The third kappa shape index (κ3) is 5.22. The number of fused-ring (bicyclic) bond motifs is 1. The Kier molecular flexibility index (Phi) is 7.77. The van der Waals surface area contributed by atoms with Gasteiger partial charge in [0.15, 0.2) is 0 Å². The molecule has 178 valence electrons. The Morgan fingerprint density at radius 1 is 1.29 bits per heavy atom. The minimum Gasteiger partial charge on any atom is -0.488 e. The molecule has 3 aromatic rings. The molecule has 2 aromatic carbocycles. The predicted octanol–water partition coefficient (Wildman–Crippen LogP) is 6.20. The van der Waals surface area contributed by atoms with E-state index >= 15 is 0 Å². The average molecular weight is 583 g/mol. The summed E-state index contributed by atoms with van der Waals surface area (Å²) in [6.07, 6.45) is 0.992. The Bertz CT molecular complexity index is 1280. The molecule has 0 fully saturated rings. The number of amides is 1. The van der Waals surface area contributed by atoms with E-state index in [2.05, 4.69) is 38.3 Å². The molecule has 1 aromatic heterocycles. The summed E-state index contributed by atoms with van der Waals surface area (Å²) in [5.74, 6) is 1.44. The summed E-state index contributed by atoms with van der Waals surface area (Å²) in [5, 5.41) is 9.53. The fourth-order valence-corrected chi connectivity index (χ4v) is 5.18. The van der Waals surface area contributed by atoms with Gasteiger partial charge in [-0.05, 0) is 43.7 Å². The summed E-state index contributed by atoms with van der Waals surface area (Å²) < 4.78 is 8.70. The maximum absolute atomic E-state index is 12.6. The van der Waals surface area contributed by atoms with Crippen molar-refractivity contribution in [2.24, 2.45) is 5.73 Å². The molecule has 1 aliphatic heterocycles. The molecule has 0 saturated carbocycles. The fraction of sp³-hybridized carbons (Fsp3) is 0.261. The van der Waals surface area contributed by atoms with E-state index in [1.54, 1.807) is 35.5 Å². The first kappa shape index (κ1) is 24.9. The summed E-state index contributed by atoms with van der Waals surface area (Å²) in [6, 6.07) is 10.2. The van der Waals surface area contributed by atoms with Crippen LogP contribution >= 0.6 is 50.9 Å². The molecule has 0 radical (unpaired) electrons. The number of nitrogens with two attached hydrogens (primary N) is 1. The number of nitrogens with zero attached hydrogens (tertiary/aromatic N) is 3. The second-order valence-electron chi connectivity index (χ2n) is 7.65. The van der Waals surface area contributed by atoms with Gasteiger partial charge in [0.25, 0.3) is 0 Å². The summed E-state index contributed by atoms with van der Waals surface area (Å²) in [5.41, 5.74) is 8.34. The molecular formula is C23H22BrCl2N5O2S. The van der Waals surface area contributed by atoms with Gasteiger partial charge in [-0.2, -0.15) is 4.98 Å². The quantitative estimate of drug-likeness (QED) is 0.307.